The predicted octanol–water partition coefficient (Wildman–Crippen LogP) is 1.76. The molecule has 9 heteroatoms. The molecule has 0 radical (unpaired) electrons. The zero-order valence-electron chi connectivity index (χ0n) is 16.4. The zero-order chi connectivity index (χ0) is 21.4. The molecule has 8 nitrogen and oxygen atoms in total. The van der Waals surface area contributed by atoms with E-state index in [9.17, 15) is 18.0 Å². The van der Waals surface area contributed by atoms with Gasteiger partial charge in [0.25, 0.3) is 0 Å². The number of hydrogen-bond donors (Lipinski definition) is 2. The maximum atomic E-state index is 12.8. The fraction of sp³-hybridized carbons (Fsp3) is 0.300. The molecule has 0 saturated heterocycles. The van der Waals surface area contributed by atoms with E-state index in [-0.39, 0.29) is 24.4 Å². The molecule has 0 atom stereocenters. The van der Waals surface area contributed by atoms with Gasteiger partial charge in [0, 0.05) is 12.2 Å². The van der Waals surface area contributed by atoms with Crippen molar-refractivity contribution in [2.75, 3.05) is 25.0 Å². The number of carbonyl (C=O) groups is 2. The molecule has 2 aromatic carbocycles. The van der Waals surface area contributed by atoms with Gasteiger partial charge in [-0.15, -0.1) is 0 Å². The van der Waals surface area contributed by atoms with Crippen LogP contribution in [0.15, 0.2) is 53.4 Å². The smallest absolute Gasteiger partial charge is 0.243 e. The van der Waals surface area contributed by atoms with Gasteiger partial charge in [0.1, 0.15) is 5.75 Å². The lowest BCUT2D eigenvalue weighted by atomic mass is 10.1. The Labute approximate surface area is 170 Å². The second kappa shape index (κ2) is 10.0. The number of nitrogens with zero attached hydrogens (tertiary/aromatic N) is 1. The summed E-state index contributed by atoms with van der Waals surface area (Å²) in [7, 11) is -3.82. The molecule has 0 saturated carbocycles. The van der Waals surface area contributed by atoms with Crippen LogP contribution in [0.1, 0.15) is 19.4 Å². The van der Waals surface area contributed by atoms with Gasteiger partial charge in [-0.3, -0.25) is 9.59 Å². The molecule has 0 aromatic heterocycles. The van der Waals surface area contributed by atoms with E-state index in [1.807, 2.05) is 6.92 Å². The van der Waals surface area contributed by atoms with Gasteiger partial charge in [-0.05, 0) is 48.9 Å². The van der Waals surface area contributed by atoms with E-state index in [4.69, 9.17) is 10.5 Å². The average Bonchev–Trinajstić information content (AvgIpc) is 2.68. The zero-order valence-corrected chi connectivity index (χ0v) is 17.2. The second-order valence-electron chi connectivity index (χ2n) is 6.22. The van der Waals surface area contributed by atoms with E-state index < -0.39 is 21.8 Å². The Bertz CT molecular complexity index is 941. The van der Waals surface area contributed by atoms with E-state index in [2.05, 4.69) is 5.32 Å². The third-order valence-corrected chi connectivity index (χ3v) is 6.00. The Morgan fingerprint density at radius 3 is 2.17 bits per heavy atom. The standard InChI is InChI=1S/C20H25N3O5S/c1-3-23(29(26,27)18-11-9-17(10-12-18)28-4-2)14-20(25)22-16-7-5-15(6-8-16)13-19(21)24/h5-12H,3-4,13-14H2,1-2H3,(H2,21,24)(H,22,25). The van der Waals surface area contributed by atoms with Crippen molar-refractivity contribution in [1.82, 2.24) is 4.31 Å². The number of anilines is 1. The highest BCUT2D eigenvalue weighted by atomic mass is 32.2. The number of nitrogens with one attached hydrogen (secondary N) is 1. The number of carbonyl (C=O) groups excluding carboxylic acids is 2. The molecule has 0 heterocycles. The molecule has 3 N–H and O–H groups in total. The van der Waals surface area contributed by atoms with Crippen LogP contribution in [0.5, 0.6) is 5.75 Å². The number of sulfonamides is 1. The summed E-state index contributed by atoms with van der Waals surface area (Å²) in [5.41, 5.74) is 6.37. The molecular weight excluding hydrogens is 394 g/mol. The highest BCUT2D eigenvalue weighted by molar-refractivity contribution is 7.89. The van der Waals surface area contributed by atoms with Gasteiger partial charge in [0.15, 0.2) is 0 Å². The monoisotopic (exact) mass is 419 g/mol. The molecule has 2 amide bonds. The lowest BCUT2D eigenvalue weighted by Gasteiger charge is -2.20. The van der Waals surface area contributed by atoms with E-state index in [0.29, 0.717) is 18.0 Å². The van der Waals surface area contributed by atoms with Gasteiger partial charge in [0.05, 0.1) is 24.5 Å². The summed E-state index contributed by atoms with van der Waals surface area (Å²) in [4.78, 5) is 23.4. The number of ether oxygens (including phenoxy) is 1. The molecule has 2 aromatic rings. The van der Waals surface area contributed by atoms with E-state index in [1.54, 1.807) is 43.3 Å². The Hall–Kier alpha value is -2.91. The van der Waals surface area contributed by atoms with Gasteiger partial charge in [-0.1, -0.05) is 19.1 Å². The molecule has 0 aliphatic carbocycles. The summed E-state index contributed by atoms with van der Waals surface area (Å²) in [6.45, 7) is 3.80. The van der Waals surface area contributed by atoms with Crippen LogP contribution in [0.25, 0.3) is 0 Å². The molecule has 0 fully saturated rings. The maximum absolute atomic E-state index is 12.8. The molecule has 0 aliphatic rings. The first-order chi connectivity index (χ1) is 13.8. The maximum Gasteiger partial charge on any atom is 0.243 e. The van der Waals surface area contributed by atoms with Crippen LogP contribution in [0, 0.1) is 0 Å². The first-order valence-corrected chi connectivity index (χ1v) is 10.6. The number of likely N-dealkylation sites (N-methyl/N-ethyl adjacent to an activating group) is 1. The van der Waals surface area contributed by atoms with Crippen molar-refractivity contribution in [3.8, 4) is 5.75 Å². The highest BCUT2D eigenvalue weighted by Gasteiger charge is 2.25. The van der Waals surface area contributed by atoms with Crippen LogP contribution in [0.2, 0.25) is 0 Å². The number of amides is 2. The number of benzene rings is 2. The summed E-state index contributed by atoms with van der Waals surface area (Å²) in [6, 6.07) is 12.7. The summed E-state index contributed by atoms with van der Waals surface area (Å²) >= 11 is 0. The summed E-state index contributed by atoms with van der Waals surface area (Å²) in [5, 5.41) is 2.66. The van der Waals surface area contributed by atoms with Crippen LogP contribution in [-0.4, -0.2) is 44.2 Å². The minimum Gasteiger partial charge on any atom is -0.494 e. The van der Waals surface area contributed by atoms with Crippen molar-refractivity contribution in [3.05, 3.63) is 54.1 Å². The fourth-order valence-electron chi connectivity index (χ4n) is 2.66. The lowest BCUT2D eigenvalue weighted by molar-refractivity contribution is -0.117. The lowest BCUT2D eigenvalue weighted by Crippen LogP contribution is -2.37. The minimum absolute atomic E-state index is 0.0893. The summed E-state index contributed by atoms with van der Waals surface area (Å²) in [6.07, 6.45) is 0.109. The van der Waals surface area contributed by atoms with Crippen LogP contribution in [0.3, 0.4) is 0 Å². The Morgan fingerprint density at radius 1 is 1.03 bits per heavy atom. The summed E-state index contributed by atoms with van der Waals surface area (Å²) < 4.78 is 32.1. The quantitative estimate of drug-likeness (QED) is 0.608. The van der Waals surface area contributed by atoms with Gasteiger partial charge >= 0.3 is 0 Å². The van der Waals surface area contributed by atoms with E-state index >= 15 is 0 Å². The average molecular weight is 420 g/mol. The van der Waals surface area contributed by atoms with Gasteiger partial charge < -0.3 is 15.8 Å². The van der Waals surface area contributed by atoms with Crippen molar-refractivity contribution in [2.24, 2.45) is 5.73 Å². The van der Waals surface area contributed by atoms with Gasteiger partial charge in [-0.25, -0.2) is 8.42 Å². The molecule has 29 heavy (non-hydrogen) atoms. The van der Waals surface area contributed by atoms with Crippen molar-refractivity contribution in [1.29, 1.82) is 0 Å². The molecule has 156 valence electrons. The molecule has 0 aliphatic heterocycles. The summed E-state index contributed by atoms with van der Waals surface area (Å²) in [5.74, 6) is -0.337. The first-order valence-electron chi connectivity index (χ1n) is 9.16. The number of primary amides is 1. The van der Waals surface area contributed by atoms with Crippen molar-refractivity contribution in [3.63, 3.8) is 0 Å². The van der Waals surface area contributed by atoms with Crippen LogP contribution >= 0.6 is 0 Å². The first kappa shape index (κ1) is 22.4. The number of nitrogens with two attached hydrogens (primary N) is 1. The van der Waals surface area contributed by atoms with Crippen LogP contribution in [0.4, 0.5) is 5.69 Å². The predicted molar refractivity (Wildman–Crippen MR) is 110 cm³/mol. The second-order valence-corrected chi connectivity index (χ2v) is 8.16. The third-order valence-electron chi connectivity index (χ3n) is 4.06. The van der Waals surface area contributed by atoms with Crippen molar-refractivity contribution < 1.29 is 22.7 Å². The fourth-order valence-corrected chi connectivity index (χ4v) is 4.06. The molecular formula is C20H25N3O5S. The van der Waals surface area contributed by atoms with Crippen LogP contribution in [-0.2, 0) is 26.0 Å². The van der Waals surface area contributed by atoms with E-state index in [0.717, 1.165) is 9.87 Å². The molecule has 2 rings (SSSR count). The topological polar surface area (TPSA) is 119 Å². The van der Waals surface area contributed by atoms with Gasteiger partial charge in [0.2, 0.25) is 21.8 Å². The Morgan fingerprint density at radius 2 is 1.66 bits per heavy atom. The Kier molecular flexibility index (Phi) is 7.74. The number of hydrogen-bond acceptors (Lipinski definition) is 5. The van der Waals surface area contributed by atoms with Crippen LogP contribution < -0.4 is 15.8 Å². The highest BCUT2D eigenvalue weighted by Crippen LogP contribution is 2.20. The number of rotatable bonds is 10. The van der Waals surface area contributed by atoms with Crippen molar-refractivity contribution in [2.45, 2.75) is 25.2 Å². The molecule has 0 bridgehead atoms. The molecule has 0 spiro atoms. The Balaban J connectivity index is 2.05. The van der Waals surface area contributed by atoms with Crippen molar-refractivity contribution >= 4 is 27.5 Å². The minimum atomic E-state index is -3.82. The SMILES string of the molecule is CCOc1ccc(S(=O)(=O)N(CC)CC(=O)Nc2ccc(CC(N)=O)cc2)cc1. The van der Waals surface area contributed by atoms with E-state index in [1.165, 1.54) is 12.1 Å². The van der Waals surface area contributed by atoms with Gasteiger partial charge in [-0.2, -0.15) is 4.31 Å². The normalized spacial score (nSPS) is 11.3. The largest absolute Gasteiger partial charge is 0.494 e. The molecule has 0 unspecified atom stereocenters. The third kappa shape index (κ3) is 6.30.